The van der Waals surface area contributed by atoms with Crippen molar-refractivity contribution in [1.29, 1.82) is 10.8 Å². The molecule has 0 unspecified atom stereocenters. The second-order valence-corrected chi connectivity index (χ2v) is 6.39. The van der Waals surface area contributed by atoms with Crippen LogP contribution in [-0.2, 0) is 17.4 Å². The highest BCUT2D eigenvalue weighted by molar-refractivity contribution is 5.79. The van der Waals surface area contributed by atoms with Gasteiger partial charge in [-0.05, 0) is 29.8 Å². The van der Waals surface area contributed by atoms with Crippen LogP contribution >= 0.6 is 0 Å². The molecule has 0 bridgehead atoms. The van der Waals surface area contributed by atoms with Crippen LogP contribution in [0.15, 0.2) is 36.4 Å². The van der Waals surface area contributed by atoms with Crippen LogP contribution in [0.25, 0.3) is 0 Å². The fourth-order valence-corrected chi connectivity index (χ4v) is 2.98. The van der Waals surface area contributed by atoms with Crippen LogP contribution in [0.5, 0.6) is 0 Å². The summed E-state index contributed by atoms with van der Waals surface area (Å²) in [6.45, 7) is 2.02. The topological polar surface area (TPSA) is 89.1 Å². The van der Waals surface area contributed by atoms with Gasteiger partial charge in [-0.2, -0.15) is 13.2 Å². The number of amides is 1. The molecule has 148 valence electrons. The van der Waals surface area contributed by atoms with Crippen molar-refractivity contribution in [3.05, 3.63) is 53.0 Å². The fourth-order valence-electron chi connectivity index (χ4n) is 2.98. The molecule has 2 N–H and O–H groups in total. The Morgan fingerprint density at radius 1 is 1.07 bits per heavy atom. The Morgan fingerprint density at radius 3 is 2.29 bits per heavy atom. The van der Waals surface area contributed by atoms with Crippen LogP contribution in [0.1, 0.15) is 11.1 Å². The van der Waals surface area contributed by atoms with Gasteiger partial charge in [-0.3, -0.25) is 15.6 Å². The molecule has 1 aliphatic rings. The van der Waals surface area contributed by atoms with E-state index in [0.29, 0.717) is 37.6 Å². The van der Waals surface area contributed by atoms with E-state index in [0.717, 1.165) is 23.2 Å². The zero-order valence-corrected chi connectivity index (χ0v) is 14.9. The smallest absolute Gasteiger partial charge is 0.352 e. The third-order valence-corrected chi connectivity index (χ3v) is 4.56. The van der Waals surface area contributed by atoms with Gasteiger partial charge in [0.25, 0.3) is 0 Å². The Labute approximate surface area is 159 Å². The Kier molecular flexibility index (Phi) is 5.48. The molecule has 1 aliphatic heterocycles. The molecule has 3 rings (SSSR count). The lowest BCUT2D eigenvalue weighted by atomic mass is 10.1. The predicted molar refractivity (Wildman–Crippen MR) is 96.2 cm³/mol. The average Bonchev–Trinajstić information content (AvgIpc) is 2.68. The van der Waals surface area contributed by atoms with Gasteiger partial charge < -0.3 is 9.80 Å². The molecule has 0 radical (unpaired) electrons. The van der Waals surface area contributed by atoms with Crippen LogP contribution in [0.4, 0.5) is 19.0 Å². The van der Waals surface area contributed by atoms with Crippen molar-refractivity contribution in [3.8, 4) is 0 Å². The largest absolute Gasteiger partial charge is 0.416 e. The second-order valence-electron chi connectivity index (χ2n) is 6.39. The summed E-state index contributed by atoms with van der Waals surface area (Å²) in [5.74, 6) is 0.484. The molecule has 1 aromatic carbocycles. The van der Waals surface area contributed by atoms with Gasteiger partial charge in [0.2, 0.25) is 5.91 Å². The number of alkyl halides is 3. The molecule has 1 saturated heterocycles. The van der Waals surface area contributed by atoms with Crippen LogP contribution in [0.3, 0.4) is 0 Å². The summed E-state index contributed by atoms with van der Waals surface area (Å²) in [4.78, 5) is 16.1. The Morgan fingerprint density at radius 2 is 1.71 bits per heavy atom. The molecule has 1 amide bonds. The third kappa shape index (κ3) is 4.38. The number of aromatic nitrogens is 2. The lowest BCUT2D eigenvalue weighted by Crippen LogP contribution is -2.49. The SMILES string of the molecule is N=Cn1nc(N2CCN(C(=O)Cc3ccc(C(F)(F)F)cc3)CC2)ccc1=N. The Balaban J connectivity index is 1.58. The first-order chi connectivity index (χ1) is 13.3. The lowest BCUT2D eigenvalue weighted by Gasteiger charge is -2.35. The zero-order valence-electron chi connectivity index (χ0n) is 14.9. The van der Waals surface area contributed by atoms with Crippen LogP contribution in [0, 0.1) is 10.8 Å². The number of carbonyl (C=O) groups is 1. The standard InChI is InChI=1S/C18H19F3N6O/c19-18(20,21)14-3-1-13(2-4-14)11-17(28)26-9-7-25(8-10-26)16-6-5-15(23)27(12-22)24-16/h1-6,12,22-23H,7-11H2. The molecule has 10 heteroatoms. The van der Waals surface area contributed by atoms with Crippen LogP contribution in [0.2, 0.25) is 0 Å². The summed E-state index contributed by atoms with van der Waals surface area (Å²) in [5, 5.41) is 19.1. The maximum atomic E-state index is 12.6. The van der Waals surface area contributed by atoms with Gasteiger partial charge in [-0.15, -0.1) is 5.10 Å². The fraction of sp³-hybridized carbons (Fsp3) is 0.333. The number of anilines is 1. The molecule has 28 heavy (non-hydrogen) atoms. The van der Waals surface area contributed by atoms with Crippen molar-refractivity contribution in [2.24, 2.45) is 0 Å². The van der Waals surface area contributed by atoms with Gasteiger partial charge in [0.15, 0.2) is 0 Å². The molecular formula is C18H19F3N6O. The number of nitrogens with zero attached hydrogens (tertiary/aromatic N) is 4. The number of nitrogens with one attached hydrogen (secondary N) is 2. The molecule has 2 aromatic rings. The van der Waals surface area contributed by atoms with E-state index < -0.39 is 11.7 Å². The van der Waals surface area contributed by atoms with Crippen molar-refractivity contribution in [2.45, 2.75) is 12.6 Å². The summed E-state index contributed by atoms with van der Waals surface area (Å²) in [5.41, 5.74) is -0.0880. The van der Waals surface area contributed by atoms with E-state index in [4.69, 9.17) is 10.8 Å². The van der Waals surface area contributed by atoms with E-state index in [-0.39, 0.29) is 17.8 Å². The first-order valence-electron chi connectivity index (χ1n) is 8.62. The molecule has 0 atom stereocenters. The Bertz CT molecular complexity index is 914. The molecule has 2 heterocycles. The van der Waals surface area contributed by atoms with E-state index in [1.54, 1.807) is 17.0 Å². The zero-order chi connectivity index (χ0) is 20.3. The molecule has 0 aliphatic carbocycles. The van der Waals surface area contributed by atoms with E-state index in [9.17, 15) is 18.0 Å². The molecular weight excluding hydrogens is 373 g/mol. The minimum atomic E-state index is -4.39. The minimum absolute atomic E-state index is 0.0533. The molecule has 0 saturated carbocycles. The number of carbonyl (C=O) groups excluding carboxylic acids is 1. The predicted octanol–water partition coefficient (Wildman–Crippen LogP) is 1.73. The summed E-state index contributed by atoms with van der Waals surface area (Å²) >= 11 is 0. The number of hydrogen-bond acceptors (Lipinski definition) is 5. The quantitative estimate of drug-likeness (QED) is 0.614. The molecule has 0 spiro atoms. The average molecular weight is 392 g/mol. The highest BCUT2D eigenvalue weighted by Crippen LogP contribution is 2.29. The van der Waals surface area contributed by atoms with Crippen molar-refractivity contribution in [1.82, 2.24) is 14.7 Å². The van der Waals surface area contributed by atoms with Crippen LogP contribution < -0.4 is 10.4 Å². The van der Waals surface area contributed by atoms with Gasteiger partial charge in [0, 0.05) is 26.2 Å². The highest BCUT2D eigenvalue weighted by atomic mass is 19.4. The highest BCUT2D eigenvalue weighted by Gasteiger charge is 2.30. The molecule has 1 fully saturated rings. The monoisotopic (exact) mass is 392 g/mol. The summed E-state index contributed by atoms with van der Waals surface area (Å²) < 4.78 is 39.0. The number of piperazine rings is 1. The van der Waals surface area contributed by atoms with Crippen molar-refractivity contribution in [2.75, 3.05) is 31.1 Å². The summed E-state index contributed by atoms with van der Waals surface area (Å²) in [6, 6.07) is 7.89. The number of hydrogen-bond donors (Lipinski definition) is 2. The first-order valence-corrected chi connectivity index (χ1v) is 8.62. The van der Waals surface area contributed by atoms with E-state index in [2.05, 4.69) is 5.10 Å². The lowest BCUT2D eigenvalue weighted by molar-refractivity contribution is -0.137. The maximum Gasteiger partial charge on any atom is 0.416 e. The van der Waals surface area contributed by atoms with E-state index in [1.807, 2.05) is 4.90 Å². The summed E-state index contributed by atoms with van der Waals surface area (Å²) in [7, 11) is 0. The van der Waals surface area contributed by atoms with Gasteiger partial charge in [-0.1, -0.05) is 12.1 Å². The Hall–Kier alpha value is -3.17. The number of benzene rings is 1. The van der Waals surface area contributed by atoms with Crippen LogP contribution in [-0.4, -0.2) is 53.1 Å². The van der Waals surface area contributed by atoms with E-state index in [1.165, 1.54) is 12.1 Å². The van der Waals surface area contributed by atoms with E-state index >= 15 is 0 Å². The second kappa shape index (κ2) is 7.83. The maximum absolute atomic E-state index is 12.6. The number of halogens is 3. The van der Waals surface area contributed by atoms with Crippen molar-refractivity contribution in [3.63, 3.8) is 0 Å². The molecule has 7 nitrogen and oxygen atoms in total. The van der Waals surface area contributed by atoms with Gasteiger partial charge >= 0.3 is 6.18 Å². The van der Waals surface area contributed by atoms with Gasteiger partial charge in [0.1, 0.15) is 17.6 Å². The third-order valence-electron chi connectivity index (χ3n) is 4.56. The first kappa shape index (κ1) is 19.6. The van der Waals surface area contributed by atoms with Crippen molar-refractivity contribution < 1.29 is 18.0 Å². The molecule has 1 aromatic heterocycles. The number of rotatable bonds is 4. The van der Waals surface area contributed by atoms with Gasteiger partial charge in [0.05, 0.1) is 12.0 Å². The normalized spacial score (nSPS) is 14.8. The van der Waals surface area contributed by atoms with Crippen molar-refractivity contribution >= 4 is 18.1 Å². The minimum Gasteiger partial charge on any atom is -0.352 e. The van der Waals surface area contributed by atoms with Gasteiger partial charge in [-0.25, -0.2) is 4.68 Å². The summed E-state index contributed by atoms with van der Waals surface area (Å²) in [6.07, 6.45) is -3.38.